The van der Waals surface area contributed by atoms with Crippen molar-refractivity contribution in [2.45, 2.75) is 13.8 Å². The van der Waals surface area contributed by atoms with Crippen molar-refractivity contribution in [2.24, 2.45) is 10.8 Å². The SMILES string of the molecule is C[C@]12C3=CC=C4C=CC=C(C5=C(C1=CC=C3)c1cccc3cccc5c13)[C@]42C. The number of hydrogen-bond acceptors (Lipinski definition) is 0. The molecule has 5 aliphatic carbocycles. The molecule has 0 fully saturated rings. The zero-order valence-electron chi connectivity index (χ0n) is 16.1. The highest BCUT2D eigenvalue weighted by molar-refractivity contribution is 6.22. The van der Waals surface area contributed by atoms with Crippen molar-refractivity contribution in [3.05, 3.63) is 118 Å². The zero-order valence-corrected chi connectivity index (χ0v) is 16.1. The highest BCUT2D eigenvalue weighted by Gasteiger charge is 2.60. The molecule has 28 heavy (non-hydrogen) atoms. The van der Waals surface area contributed by atoms with Crippen LogP contribution in [0.4, 0.5) is 0 Å². The molecule has 0 bridgehead atoms. The third-order valence-electron chi connectivity index (χ3n) is 7.98. The van der Waals surface area contributed by atoms with Gasteiger partial charge in [-0.2, -0.15) is 0 Å². The minimum Gasteiger partial charge on any atom is -0.0616 e. The molecule has 0 saturated carbocycles. The Labute approximate surface area is 165 Å². The van der Waals surface area contributed by atoms with Crippen LogP contribution in [0.15, 0.2) is 107 Å². The van der Waals surface area contributed by atoms with E-state index in [0.717, 1.165) is 0 Å². The number of rotatable bonds is 0. The van der Waals surface area contributed by atoms with Crippen molar-refractivity contribution in [2.75, 3.05) is 0 Å². The first-order valence-corrected chi connectivity index (χ1v) is 10.1. The first-order chi connectivity index (χ1) is 13.7. The molecule has 0 nitrogen and oxygen atoms in total. The molecule has 2 aromatic carbocycles. The molecule has 0 radical (unpaired) electrons. The number of allylic oxidation sites excluding steroid dienone is 14. The Kier molecular flexibility index (Phi) is 2.38. The maximum atomic E-state index is 2.46. The Bertz CT molecular complexity index is 1260. The molecule has 0 unspecified atom stereocenters. The Hall–Kier alpha value is -3.12. The minimum absolute atomic E-state index is 0.0501. The van der Waals surface area contributed by atoms with Crippen LogP contribution in [0.2, 0.25) is 0 Å². The summed E-state index contributed by atoms with van der Waals surface area (Å²) in [4.78, 5) is 0. The van der Waals surface area contributed by atoms with Gasteiger partial charge in [-0.1, -0.05) is 98.9 Å². The molecule has 0 spiro atoms. The van der Waals surface area contributed by atoms with E-state index in [4.69, 9.17) is 0 Å². The molecule has 0 aliphatic heterocycles. The average molecular weight is 356 g/mol. The van der Waals surface area contributed by atoms with E-state index >= 15 is 0 Å². The molecular weight excluding hydrogens is 336 g/mol. The Balaban J connectivity index is 1.72. The van der Waals surface area contributed by atoms with Crippen molar-refractivity contribution in [1.82, 2.24) is 0 Å². The minimum atomic E-state index is -0.0501. The summed E-state index contributed by atoms with van der Waals surface area (Å²) in [5, 5.41) is 2.76. The lowest BCUT2D eigenvalue weighted by molar-refractivity contribution is 0.255. The van der Waals surface area contributed by atoms with E-state index < -0.39 is 0 Å². The topological polar surface area (TPSA) is 0 Å². The summed E-state index contributed by atoms with van der Waals surface area (Å²) in [5.74, 6) is 0. The number of benzene rings is 2. The highest BCUT2D eigenvalue weighted by atomic mass is 14.6. The van der Waals surface area contributed by atoms with Crippen molar-refractivity contribution in [3.63, 3.8) is 0 Å². The van der Waals surface area contributed by atoms with E-state index in [1.165, 1.54) is 55.3 Å². The van der Waals surface area contributed by atoms with Crippen molar-refractivity contribution in [3.8, 4) is 0 Å². The van der Waals surface area contributed by atoms with Gasteiger partial charge < -0.3 is 0 Å². The maximum Gasteiger partial charge on any atom is 0.0315 e. The lowest BCUT2D eigenvalue weighted by Gasteiger charge is -2.58. The first kappa shape index (κ1) is 14.9. The van der Waals surface area contributed by atoms with Crippen LogP contribution >= 0.6 is 0 Å². The molecule has 0 heterocycles. The lowest BCUT2D eigenvalue weighted by atomic mass is 9.44. The smallest absolute Gasteiger partial charge is 0.0315 e. The van der Waals surface area contributed by atoms with Crippen LogP contribution in [-0.4, -0.2) is 0 Å². The molecule has 132 valence electrons. The van der Waals surface area contributed by atoms with Crippen LogP contribution in [0, 0.1) is 10.8 Å². The van der Waals surface area contributed by atoms with E-state index in [9.17, 15) is 0 Å². The summed E-state index contributed by atoms with van der Waals surface area (Å²) < 4.78 is 0. The third kappa shape index (κ3) is 1.33. The van der Waals surface area contributed by atoms with Gasteiger partial charge in [-0.15, -0.1) is 0 Å². The van der Waals surface area contributed by atoms with Crippen molar-refractivity contribution < 1.29 is 0 Å². The van der Waals surface area contributed by atoms with Gasteiger partial charge in [-0.25, -0.2) is 0 Å². The Morgan fingerprint density at radius 2 is 1.11 bits per heavy atom. The molecular formula is C28H20. The largest absolute Gasteiger partial charge is 0.0616 e. The van der Waals surface area contributed by atoms with Crippen LogP contribution < -0.4 is 0 Å². The van der Waals surface area contributed by atoms with Gasteiger partial charge in [0.2, 0.25) is 0 Å². The van der Waals surface area contributed by atoms with Crippen LogP contribution in [0.5, 0.6) is 0 Å². The van der Waals surface area contributed by atoms with Crippen LogP contribution in [0.1, 0.15) is 25.0 Å². The van der Waals surface area contributed by atoms with Crippen LogP contribution in [0.3, 0.4) is 0 Å². The predicted molar refractivity (Wildman–Crippen MR) is 118 cm³/mol. The van der Waals surface area contributed by atoms with Crippen molar-refractivity contribution in [1.29, 1.82) is 0 Å². The number of hydrogen-bond donors (Lipinski definition) is 0. The van der Waals surface area contributed by atoms with Gasteiger partial charge in [-0.3, -0.25) is 0 Å². The molecule has 2 atom stereocenters. The fourth-order valence-corrected chi connectivity index (χ4v) is 6.47. The third-order valence-corrected chi connectivity index (χ3v) is 7.98. The molecule has 2 aromatic rings. The second kappa shape index (κ2) is 4.47. The van der Waals surface area contributed by atoms with Gasteiger partial charge in [0.25, 0.3) is 0 Å². The Morgan fingerprint density at radius 1 is 0.607 bits per heavy atom. The zero-order chi connectivity index (χ0) is 18.7. The summed E-state index contributed by atoms with van der Waals surface area (Å²) in [5.41, 5.74) is 11.4. The second-order valence-electron chi connectivity index (χ2n) is 8.83. The summed E-state index contributed by atoms with van der Waals surface area (Å²) in [6, 6.07) is 13.6. The summed E-state index contributed by atoms with van der Waals surface area (Å²) in [6.45, 7) is 4.92. The summed E-state index contributed by atoms with van der Waals surface area (Å²) >= 11 is 0. The summed E-state index contributed by atoms with van der Waals surface area (Å²) in [6.07, 6.45) is 18.5. The van der Waals surface area contributed by atoms with Gasteiger partial charge in [0.15, 0.2) is 0 Å². The fourth-order valence-electron chi connectivity index (χ4n) is 6.47. The highest BCUT2D eigenvalue weighted by Crippen LogP contribution is 2.71. The molecule has 0 N–H and O–H groups in total. The van der Waals surface area contributed by atoms with Gasteiger partial charge in [0.1, 0.15) is 0 Å². The molecule has 5 aliphatic rings. The van der Waals surface area contributed by atoms with E-state index in [1.807, 2.05) is 0 Å². The van der Waals surface area contributed by atoms with E-state index in [2.05, 4.69) is 98.9 Å². The van der Waals surface area contributed by atoms with Crippen LogP contribution in [0.25, 0.3) is 21.9 Å². The second-order valence-corrected chi connectivity index (χ2v) is 8.83. The van der Waals surface area contributed by atoms with E-state index in [-0.39, 0.29) is 10.8 Å². The lowest BCUT2D eigenvalue weighted by Crippen LogP contribution is -2.48. The quantitative estimate of drug-likeness (QED) is 0.479. The Morgan fingerprint density at radius 3 is 1.61 bits per heavy atom. The number of fused-ring (bicyclic) bond motifs is 4. The molecule has 0 saturated heterocycles. The van der Waals surface area contributed by atoms with Gasteiger partial charge in [0, 0.05) is 10.8 Å². The first-order valence-electron chi connectivity index (χ1n) is 10.1. The maximum absolute atomic E-state index is 2.46. The van der Waals surface area contributed by atoms with Crippen LogP contribution in [-0.2, 0) is 0 Å². The molecule has 0 amide bonds. The molecule has 7 rings (SSSR count). The van der Waals surface area contributed by atoms with Gasteiger partial charge >= 0.3 is 0 Å². The van der Waals surface area contributed by atoms with Gasteiger partial charge in [-0.05, 0) is 55.3 Å². The van der Waals surface area contributed by atoms with E-state index in [0.29, 0.717) is 0 Å². The monoisotopic (exact) mass is 356 g/mol. The fraction of sp³-hybridized carbons (Fsp3) is 0.143. The summed E-state index contributed by atoms with van der Waals surface area (Å²) in [7, 11) is 0. The predicted octanol–water partition coefficient (Wildman–Crippen LogP) is 6.95. The average Bonchev–Trinajstić information content (AvgIpc) is 3.03. The van der Waals surface area contributed by atoms with Crippen molar-refractivity contribution >= 4 is 21.9 Å². The molecule has 0 heteroatoms. The van der Waals surface area contributed by atoms with E-state index in [1.54, 1.807) is 0 Å². The van der Waals surface area contributed by atoms with Gasteiger partial charge in [0.05, 0.1) is 0 Å². The normalized spacial score (nSPS) is 30.5. The standard InChI is InChI=1S/C28H20/c1-27-18-9-5-13-22(27)25-20-11-3-7-17-8-4-12-21(24(17)20)26(25)23-14-6-10-19(16-15-18)28(23,27)2/h3-16H,1-2H3/t27-,28-/m0/s1. The molecule has 0 aromatic heterocycles.